The molecule has 1 aliphatic rings. The van der Waals surface area contributed by atoms with E-state index < -0.39 is 5.82 Å². The van der Waals surface area contributed by atoms with E-state index in [4.69, 9.17) is 11.6 Å². The van der Waals surface area contributed by atoms with Crippen molar-refractivity contribution in [2.45, 2.75) is 6.42 Å². The molecule has 5 heteroatoms. The first-order valence-electron chi connectivity index (χ1n) is 4.85. The monoisotopic (exact) mass is 240 g/mol. The molecule has 1 saturated heterocycles. The number of carbonyl (C=O) groups excluding carboxylic acids is 1. The van der Waals surface area contributed by atoms with Gasteiger partial charge in [-0.15, -0.1) is 6.58 Å². The second-order valence-electron chi connectivity index (χ2n) is 3.66. The average Bonchev–Trinajstić information content (AvgIpc) is 2.60. The van der Waals surface area contributed by atoms with Crippen LogP contribution in [0.25, 0.3) is 0 Å². The number of halogens is 2. The highest BCUT2D eigenvalue weighted by atomic mass is 35.5. The number of rotatable bonds is 2. The second kappa shape index (κ2) is 4.22. The zero-order chi connectivity index (χ0) is 11.7. The molecule has 16 heavy (non-hydrogen) atoms. The molecule has 2 rings (SSSR count). The standard InChI is InChI=1S/C11H10ClFN2O/c1-2-7-3-10(16)15(6-7)11-9(13)4-8(12)5-14-11/h2,4-5,7H,1,3,6H2. The van der Waals surface area contributed by atoms with E-state index in [1.165, 1.54) is 11.1 Å². The summed E-state index contributed by atoms with van der Waals surface area (Å²) in [5.41, 5.74) is 0. The van der Waals surface area contributed by atoms with E-state index in [1.54, 1.807) is 6.08 Å². The van der Waals surface area contributed by atoms with Gasteiger partial charge in [0.25, 0.3) is 0 Å². The minimum Gasteiger partial charge on any atom is -0.294 e. The normalized spacial score (nSPS) is 20.2. The van der Waals surface area contributed by atoms with Gasteiger partial charge >= 0.3 is 0 Å². The van der Waals surface area contributed by atoms with E-state index in [9.17, 15) is 9.18 Å². The van der Waals surface area contributed by atoms with Crippen molar-refractivity contribution in [1.29, 1.82) is 0 Å². The summed E-state index contributed by atoms with van der Waals surface area (Å²) in [4.78, 5) is 16.8. The zero-order valence-corrected chi connectivity index (χ0v) is 9.25. The molecular weight excluding hydrogens is 231 g/mol. The molecule has 1 atom stereocenters. The van der Waals surface area contributed by atoms with Crippen LogP contribution in [-0.4, -0.2) is 17.4 Å². The fraction of sp³-hybridized carbons (Fsp3) is 0.273. The minimum absolute atomic E-state index is 0.0405. The highest BCUT2D eigenvalue weighted by molar-refractivity contribution is 6.30. The molecule has 1 aliphatic heterocycles. The molecule has 84 valence electrons. The van der Waals surface area contributed by atoms with Gasteiger partial charge in [0.15, 0.2) is 11.6 Å². The van der Waals surface area contributed by atoms with Crippen molar-refractivity contribution < 1.29 is 9.18 Å². The topological polar surface area (TPSA) is 33.2 Å². The van der Waals surface area contributed by atoms with Crippen LogP contribution in [0.1, 0.15) is 6.42 Å². The van der Waals surface area contributed by atoms with Crippen molar-refractivity contribution in [3.05, 3.63) is 35.8 Å². The van der Waals surface area contributed by atoms with Crippen LogP contribution in [0.15, 0.2) is 24.9 Å². The van der Waals surface area contributed by atoms with Crippen LogP contribution in [0.4, 0.5) is 10.2 Å². The van der Waals surface area contributed by atoms with E-state index in [1.807, 2.05) is 0 Å². The van der Waals surface area contributed by atoms with Gasteiger partial charge in [-0.25, -0.2) is 9.37 Å². The average molecular weight is 241 g/mol. The highest BCUT2D eigenvalue weighted by Crippen LogP contribution is 2.27. The number of amides is 1. The van der Waals surface area contributed by atoms with Crippen LogP contribution in [-0.2, 0) is 4.79 Å². The predicted molar refractivity (Wildman–Crippen MR) is 59.9 cm³/mol. The van der Waals surface area contributed by atoms with Crippen molar-refractivity contribution in [3.8, 4) is 0 Å². The lowest BCUT2D eigenvalue weighted by atomic mass is 10.1. The Morgan fingerprint density at radius 3 is 3.00 bits per heavy atom. The van der Waals surface area contributed by atoms with E-state index >= 15 is 0 Å². The van der Waals surface area contributed by atoms with Gasteiger partial charge in [0, 0.05) is 25.1 Å². The molecule has 1 amide bonds. The number of anilines is 1. The summed E-state index contributed by atoms with van der Waals surface area (Å²) < 4.78 is 13.5. The molecule has 1 aromatic rings. The third kappa shape index (κ3) is 1.93. The van der Waals surface area contributed by atoms with Crippen LogP contribution in [0, 0.1) is 11.7 Å². The number of carbonyl (C=O) groups is 1. The number of hydrogen-bond acceptors (Lipinski definition) is 2. The Hall–Kier alpha value is -1.42. The molecule has 3 nitrogen and oxygen atoms in total. The summed E-state index contributed by atoms with van der Waals surface area (Å²) in [5, 5.41) is 0.216. The molecule has 1 fully saturated rings. The summed E-state index contributed by atoms with van der Waals surface area (Å²) in [5.74, 6) is -0.618. The van der Waals surface area contributed by atoms with Gasteiger partial charge in [-0.1, -0.05) is 17.7 Å². The molecule has 0 spiro atoms. The van der Waals surface area contributed by atoms with Gasteiger partial charge in [-0.3, -0.25) is 9.69 Å². The SMILES string of the molecule is C=CC1CC(=O)N(c2ncc(Cl)cc2F)C1. The lowest BCUT2D eigenvalue weighted by Gasteiger charge is -2.15. The first-order chi connectivity index (χ1) is 7.61. The van der Waals surface area contributed by atoms with Crippen LogP contribution in [0.3, 0.4) is 0 Å². The van der Waals surface area contributed by atoms with Crippen LogP contribution >= 0.6 is 11.6 Å². The molecule has 0 bridgehead atoms. The Balaban J connectivity index is 2.31. The molecule has 0 saturated carbocycles. The molecule has 0 radical (unpaired) electrons. The van der Waals surface area contributed by atoms with Crippen LogP contribution in [0.5, 0.6) is 0 Å². The fourth-order valence-electron chi connectivity index (χ4n) is 1.70. The Labute approximate surface area is 97.5 Å². The summed E-state index contributed by atoms with van der Waals surface area (Å²) >= 11 is 5.59. The summed E-state index contributed by atoms with van der Waals surface area (Å²) in [7, 11) is 0. The van der Waals surface area contributed by atoms with Crippen molar-refractivity contribution in [3.63, 3.8) is 0 Å². The predicted octanol–water partition coefficient (Wildman–Crippen LogP) is 2.41. The van der Waals surface area contributed by atoms with Crippen molar-refractivity contribution in [1.82, 2.24) is 4.98 Å². The van der Waals surface area contributed by atoms with E-state index in [-0.39, 0.29) is 22.7 Å². The summed E-state index contributed by atoms with van der Waals surface area (Å²) in [6.07, 6.45) is 3.38. The Morgan fingerprint density at radius 1 is 1.69 bits per heavy atom. The molecule has 0 aliphatic carbocycles. The summed E-state index contributed by atoms with van der Waals surface area (Å²) in [6.45, 7) is 4.05. The minimum atomic E-state index is -0.578. The number of aromatic nitrogens is 1. The molecule has 1 unspecified atom stereocenters. The number of pyridine rings is 1. The van der Waals surface area contributed by atoms with Gasteiger partial charge in [0.05, 0.1) is 5.02 Å². The fourth-order valence-corrected chi connectivity index (χ4v) is 1.85. The number of hydrogen-bond donors (Lipinski definition) is 0. The molecule has 0 N–H and O–H groups in total. The van der Waals surface area contributed by atoms with E-state index in [0.29, 0.717) is 13.0 Å². The Bertz CT molecular complexity index is 450. The quantitative estimate of drug-likeness (QED) is 0.744. The summed E-state index contributed by atoms with van der Waals surface area (Å²) in [6, 6.07) is 1.15. The van der Waals surface area contributed by atoms with Gasteiger partial charge in [-0.2, -0.15) is 0 Å². The molecule has 2 heterocycles. The first kappa shape index (κ1) is 11.1. The maximum atomic E-state index is 13.5. The van der Waals surface area contributed by atoms with Crippen molar-refractivity contribution in [2.24, 2.45) is 5.92 Å². The third-order valence-electron chi connectivity index (χ3n) is 2.53. The maximum absolute atomic E-state index is 13.5. The third-order valence-corrected chi connectivity index (χ3v) is 2.74. The smallest absolute Gasteiger partial charge is 0.228 e. The maximum Gasteiger partial charge on any atom is 0.228 e. The molecule has 1 aromatic heterocycles. The lowest BCUT2D eigenvalue weighted by Crippen LogP contribution is -2.26. The first-order valence-corrected chi connectivity index (χ1v) is 5.23. The van der Waals surface area contributed by atoms with Gasteiger partial charge in [0.1, 0.15) is 0 Å². The van der Waals surface area contributed by atoms with Crippen molar-refractivity contribution >= 4 is 23.3 Å². The Morgan fingerprint density at radius 2 is 2.44 bits per heavy atom. The van der Waals surface area contributed by atoms with Gasteiger partial charge in [-0.05, 0) is 6.07 Å². The van der Waals surface area contributed by atoms with Gasteiger partial charge < -0.3 is 0 Å². The second-order valence-corrected chi connectivity index (χ2v) is 4.10. The molecule has 0 aromatic carbocycles. The highest BCUT2D eigenvalue weighted by Gasteiger charge is 2.31. The van der Waals surface area contributed by atoms with Crippen LogP contribution < -0.4 is 4.90 Å². The largest absolute Gasteiger partial charge is 0.294 e. The molecular formula is C11H10ClFN2O. The lowest BCUT2D eigenvalue weighted by molar-refractivity contribution is -0.117. The zero-order valence-electron chi connectivity index (χ0n) is 8.49. The van der Waals surface area contributed by atoms with Crippen LogP contribution in [0.2, 0.25) is 5.02 Å². The van der Waals surface area contributed by atoms with E-state index in [0.717, 1.165) is 6.07 Å². The Kier molecular flexibility index (Phi) is 2.92. The van der Waals surface area contributed by atoms with Gasteiger partial charge in [0.2, 0.25) is 5.91 Å². The van der Waals surface area contributed by atoms with Crippen molar-refractivity contribution in [2.75, 3.05) is 11.4 Å². The van der Waals surface area contributed by atoms with E-state index in [2.05, 4.69) is 11.6 Å². The number of nitrogens with zero attached hydrogens (tertiary/aromatic N) is 2.